The number of carbonyl (C=O) groups excluding carboxylic acids is 1. The van der Waals surface area contributed by atoms with E-state index in [1.54, 1.807) is 11.9 Å². The third kappa shape index (κ3) is 2.41. The number of nitrogens with two attached hydrogens (primary N) is 1. The lowest BCUT2D eigenvalue weighted by molar-refractivity contribution is -0.121. The molecule has 0 fully saturated rings. The number of rotatable bonds is 4. The topological polar surface area (TPSA) is 64.8 Å². The highest BCUT2D eigenvalue weighted by Crippen LogP contribution is 2.35. The summed E-state index contributed by atoms with van der Waals surface area (Å²) in [5, 5.41) is 0. The summed E-state index contributed by atoms with van der Waals surface area (Å²) in [4.78, 5) is 13.8. The lowest BCUT2D eigenvalue weighted by Crippen LogP contribution is -2.32. The highest BCUT2D eigenvalue weighted by molar-refractivity contribution is 5.94. The molecule has 1 aliphatic heterocycles. The summed E-state index contributed by atoms with van der Waals surface area (Å²) in [6.07, 6.45) is 0.688. The zero-order valence-corrected chi connectivity index (χ0v) is 10.7. The number of fused-ring (bicyclic) bond motifs is 1. The molecule has 0 aliphatic carbocycles. The van der Waals surface area contributed by atoms with Crippen LogP contribution in [0.3, 0.4) is 0 Å². The summed E-state index contributed by atoms with van der Waals surface area (Å²) in [6, 6.07) is 5.48. The molecule has 1 aromatic rings. The number of benzene rings is 1. The van der Waals surface area contributed by atoms with Crippen molar-refractivity contribution < 1.29 is 14.3 Å². The van der Waals surface area contributed by atoms with Gasteiger partial charge in [-0.1, -0.05) is 6.92 Å². The predicted molar refractivity (Wildman–Crippen MR) is 68.8 cm³/mol. The van der Waals surface area contributed by atoms with Crippen LogP contribution >= 0.6 is 0 Å². The second kappa shape index (κ2) is 5.27. The zero-order valence-electron chi connectivity index (χ0n) is 10.7. The van der Waals surface area contributed by atoms with E-state index in [4.69, 9.17) is 15.2 Å². The van der Waals surface area contributed by atoms with Crippen LogP contribution in [0.25, 0.3) is 0 Å². The third-order valence-electron chi connectivity index (χ3n) is 3.10. The summed E-state index contributed by atoms with van der Waals surface area (Å²) in [7, 11) is 1.76. The van der Waals surface area contributed by atoms with Gasteiger partial charge in [-0.25, -0.2) is 0 Å². The predicted octanol–water partition coefficient (Wildman–Crippen LogP) is 1.36. The monoisotopic (exact) mass is 250 g/mol. The molecule has 0 saturated carbocycles. The molecule has 98 valence electrons. The Morgan fingerprint density at radius 3 is 2.89 bits per heavy atom. The summed E-state index contributed by atoms with van der Waals surface area (Å²) in [5.74, 6) is 1.37. The molecule has 0 saturated heterocycles. The van der Waals surface area contributed by atoms with E-state index in [-0.39, 0.29) is 18.6 Å². The number of hydrogen-bond acceptors (Lipinski definition) is 4. The Labute approximate surface area is 106 Å². The maximum atomic E-state index is 12.1. The van der Waals surface area contributed by atoms with E-state index in [2.05, 4.69) is 0 Å². The lowest BCUT2D eigenvalue weighted by Gasteiger charge is -2.21. The van der Waals surface area contributed by atoms with Crippen LogP contribution in [-0.4, -0.2) is 26.3 Å². The summed E-state index contributed by atoms with van der Waals surface area (Å²) >= 11 is 0. The van der Waals surface area contributed by atoms with E-state index in [0.717, 1.165) is 11.4 Å². The minimum atomic E-state index is -0.0783. The van der Waals surface area contributed by atoms with Crippen molar-refractivity contribution in [2.24, 2.45) is 11.7 Å². The first-order valence-electron chi connectivity index (χ1n) is 6.00. The van der Waals surface area contributed by atoms with Gasteiger partial charge in [0.15, 0.2) is 11.5 Å². The zero-order chi connectivity index (χ0) is 13.1. The Hall–Kier alpha value is -1.75. The van der Waals surface area contributed by atoms with Crippen LogP contribution < -0.4 is 20.1 Å². The molecule has 0 aromatic heterocycles. The van der Waals surface area contributed by atoms with E-state index >= 15 is 0 Å². The molecule has 1 amide bonds. The van der Waals surface area contributed by atoms with Crippen molar-refractivity contribution in [1.82, 2.24) is 0 Å². The fourth-order valence-electron chi connectivity index (χ4n) is 1.93. The largest absolute Gasteiger partial charge is 0.454 e. The van der Waals surface area contributed by atoms with Crippen LogP contribution in [0.5, 0.6) is 11.5 Å². The van der Waals surface area contributed by atoms with Crippen molar-refractivity contribution in [3.8, 4) is 11.5 Å². The van der Waals surface area contributed by atoms with Gasteiger partial charge in [0.05, 0.1) is 0 Å². The van der Waals surface area contributed by atoms with Crippen molar-refractivity contribution in [3.63, 3.8) is 0 Å². The molecule has 1 unspecified atom stereocenters. The standard InChI is InChI=1S/C13H18N2O3/c1-9(5-6-14)13(16)15(2)10-3-4-11-12(7-10)18-8-17-11/h3-4,7,9H,5-6,8,14H2,1-2H3. The molecule has 5 heteroatoms. The maximum Gasteiger partial charge on any atom is 0.231 e. The van der Waals surface area contributed by atoms with E-state index < -0.39 is 0 Å². The van der Waals surface area contributed by atoms with E-state index in [1.807, 2.05) is 25.1 Å². The van der Waals surface area contributed by atoms with E-state index in [9.17, 15) is 4.79 Å². The molecule has 2 rings (SSSR count). The molecule has 2 N–H and O–H groups in total. The van der Waals surface area contributed by atoms with Gasteiger partial charge in [0, 0.05) is 24.7 Å². The van der Waals surface area contributed by atoms with Gasteiger partial charge in [0.2, 0.25) is 12.7 Å². The molecule has 1 atom stereocenters. The minimum absolute atomic E-state index is 0.0549. The van der Waals surface area contributed by atoms with Crippen LogP contribution in [0.4, 0.5) is 5.69 Å². The highest BCUT2D eigenvalue weighted by atomic mass is 16.7. The molecular weight excluding hydrogens is 232 g/mol. The Bertz CT molecular complexity index is 448. The Morgan fingerprint density at radius 1 is 1.44 bits per heavy atom. The first-order chi connectivity index (χ1) is 8.63. The fourth-order valence-corrected chi connectivity index (χ4v) is 1.93. The quantitative estimate of drug-likeness (QED) is 0.876. The van der Waals surface area contributed by atoms with Gasteiger partial charge >= 0.3 is 0 Å². The van der Waals surface area contributed by atoms with Crippen molar-refractivity contribution in [2.75, 3.05) is 25.3 Å². The Balaban J connectivity index is 2.13. The SMILES string of the molecule is CC(CCN)C(=O)N(C)c1ccc2c(c1)OCO2. The van der Waals surface area contributed by atoms with Crippen LogP contribution in [0.15, 0.2) is 18.2 Å². The Morgan fingerprint density at radius 2 is 2.17 bits per heavy atom. The maximum absolute atomic E-state index is 12.1. The number of nitrogens with zero attached hydrogens (tertiary/aromatic N) is 1. The van der Waals surface area contributed by atoms with Crippen molar-refractivity contribution in [2.45, 2.75) is 13.3 Å². The average Bonchev–Trinajstić information content (AvgIpc) is 2.84. The van der Waals surface area contributed by atoms with Gasteiger partial charge in [-0.15, -0.1) is 0 Å². The van der Waals surface area contributed by atoms with Gasteiger partial charge < -0.3 is 20.1 Å². The number of carbonyl (C=O) groups is 1. The molecule has 0 spiro atoms. The van der Waals surface area contributed by atoms with Crippen molar-refractivity contribution >= 4 is 11.6 Å². The second-order valence-corrected chi connectivity index (χ2v) is 4.41. The lowest BCUT2D eigenvalue weighted by atomic mass is 10.1. The molecule has 0 radical (unpaired) electrons. The molecule has 1 aliphatic rings. The number of anilines is 1. The molecule has 5 nitrogen and oxygen atoms in total. The normalized spacial score (nSPS) is 14.4. The molecule has 1 heterocycles. The van der Waals surface area contributed by atoms with Crippen LogP contribution in [-0.2, 0) is 4.79 Å². The van der Waals surface area contributed by atoms with E-state index in [1.165, 1.54) is 0 Å². The smallest absolute Gasteiger partial charge is 0.231 e. The molecule has 18 heavy (non-hydrogen) atoms. The van der Waals surface area contributed by atoms with Gasteiger partial charge in [-0.3, -0.25) is 4.79 Å². The third-order valence-corrected chi connectivity index (χ3v) is 3.10. The summed E-state index contributed by atoms with van der Waals surface area (Å²) in [6.45, 7) is 2.64. The highest BCUT2D eigenvalue weighted by Gasteiger charge is 2.20. The fraction of sp³-hybridized carbons (Fsp3) is 0.462. The number of amides is 1. The second-order valence-electron chi connectivity index (χ2n) is 4.41. The van der Waals surface area contributed by atoms with Crippen LogP contribution in [0.2, 0.25) is 0 Å². The first kappa shape index (κ1) is 12.7. The van der Waals surface area contributed by atoms with E-state index in [0.29, 0.717) is 18.7 Å². The van der Waals surface area contributed by atoms with Crippen LogP contribution in [0, 0.1) is 5.92 Å². The van der Waals surface area contributed by atoms with Gasteiger partial charge in [0.25, 0.3) is 0 Å². The van der Waals surface area contributed by atoms with Gasteiger partial charge in [0.1, 0.15) is 0 Å². The van der Waals surface area contributed by atoms with Gasteiger partial charge in [-0.2, -0.15) is 0 Å². The minimum Gasteiger partial charge on any atom is -0.454 e. The average molecular weight is 250 g/mol. The summed E-state index contributed by atoms with van der Waals surface area (Å²) < 4.78 is 10.5. The Kier molecular flexibility index (Phi) is 3.72. The molecule has 1 aromatic carbocycles. The van der Waals surface area contributed by atoms with Gasteiger partial charge in [-0.05, 0) is 25.1 Å². The van der Waals surface area contributed by atoms with Crippen LogP contribution in [0.1, 0.15) is 13.3 Å². The number of hydrogen-bond donors (Lipinski definition) is 1. The summed E-state index contributed by atoms with van der Waals surface area (Å²) in [5.41, 5.74) is 6.27. The van der Waals surface area contributed by atoms with Crippen molar-refractivity contribution in [1.29, 1.82) is 0 Å². The van der Waals surface area contributed by atoms with Crippen molar-refractivity contribution in [3.05, 3.63) is 18.2 Å². The first-order valence-corrected chi connectivity index (χ1v) is 6.00. The molecular formula is C13H18N2O3. The molecule has 0 bridgehead atoms. The number of ether oxygens (including phenoxy) is 2.